The van der Waals surface area contributed by atoms with Crippen molar-refractivity contribution in [2.24, 2.45) is 0 Å². The number of amides is 1. The molecule has 146 valence electrons. The summed E-state index contributed by atoms with van der Waals surface area (Å²) in [7, 11) is 0. The molecule has 0 radical (unpaired) electrons. The van der Waals surface area contributed by atoms with Crippen LogP contribution in [-0.4, -0.2) is 46.2 Å². The quantitative estimate of drug-likeness (QED) is 0.715. The number of rotatable bonds is 8. The van der Waals surface area contributed by atoms with Crippen LogP contribution in [0.2, 0.25) is 0 Å². The fraction of sp³-hybridized carbons (Fsp3) is 0.348. The number of ketones is 2. The van der Waals surface area contributed by atoms with Crippen LogP contribution in [0, 0.1) is 0 Å². The minimum atomic E-state index is -1.21. The summed E-state index contributed by atoms with van der Waals surface area (Å²) in [5.41, 5.74) is 2.47. The molecule has 0 saturated heterocycles. The fourth-order valence-corrected chi connectivity index (χ4v) is 3.51. The molecule has 5 heteroatoms. The van der Waals surface area contributed by atoms with Gasteiger partial charge in [-0.05, 0) is 42.5 Å². The van der Waals surface area contributed by atoms with Crippen molar-refractivity contribution in [3.8, 4) is 11.1 Å². The van der Waals surface area contributed by atoms with Gasteiger partial charge in [0.05, 0.1) is 0 Å². The van der Waals surface area contributed by atoms with Gasteiger partial charge in [-0.2, -0.15) is 0 Å². The molecule has 1 unspecified atom stereocenters. The molecule has 2 aromatic carbocycles. The van der Waals surface area contributed by atoms with Crippen LogP contribution in [-0.2, 0) is 9.59 Å². The van der Waals surface area contributed by atoms with Gasteiger partial charge >= 0.3 is 0 Å². The lowest BCUT2D eigenvalue weighted by molar-refractivity contribution is -0.136. The highest BCUT2D eigenvalue weighted by atomic mass is 16.3. The van der Waals surface area contributed by atoms with Crippen molar-refractivity contribution in [2.75, 3.05) is 6.61 Å². The van der Waals surface area contributed by atoms with Gasteiger partial charge in [-0.3, -0.25) is 14.4 Å². The molecular formula is C23H25NO4. The summed E-state index contributed by atoms with van der Waals surface area (Å²) in [5.74, 6) is -1.29. The van der Waals surface area contributed by atoms with E-state index in [9.17, 15) is 19.5 Å². The second-order valence-electron chi connectivity index (χ2n) is 7.09. The molecule has 0 heterocycles. The largest absolute Gasteiger partial charge is 0.388 e. The predicted molar refractivity (Wildman–Crippen MR) is 107 cm³/mol. The smallest absolute Gasteiger partial charge is 0.255 e. The Bertz CT molecular complexity index is 825. The molecule has 0 aromatic heterocycles. The number of aliphatic hydroxyl groups excluding tert-OH is 1. The average Bonchev–Trinajstić information content (AvgIpc) is 2.71. The van der Waals surface area contributed by atoms with E-state index in [-0.39, 0.29) is 24.2 Å². The summed E-state index contributed by atoms with van der Waals surface area (Å²) in [4.78, 5) is 39.4. The van der Waals surface area contributed by atoms with Crippen molar-refractivity contribution < 1.29 is 19.5 Å². The summed E-state index contributed by atoms with van der Waals surface area (Å²) in [6, 6.07) is 15.7. The summed E-state index contributed by atoms with van der Waals surface area (Å²) < 4.78 is 0. The number of benzene rings is 2. The van der Waals surface area contributed by atoms with Gasteiger partial charge in [-0.25, -0.2) is 0 Å². The van der Waals surface area contributed by atoms with Crippen LogP contribution in [0.1, 0.15) is 43.0 Å². The van der Waals surface area contributed by atoms with Gasteiger partial charge in [-0.15, -0.1) is 0 Å². The first-order valence-corrected chi connectivity index (χ1v) is 9.71. The Balaban J connectivity index is 1.91. The van der Waals surface area contributed by atoms with E-state index in [0.29, 0.717) is 5.56 Å². The maximum atomic E-state index is 13.2. The summed E-state index contributed by atoms with van der Waals surface area (Å²) in [5, 5.41) is 9.35. The van der Waals surface area contributed by atoms with E-state index in [1.54, 1.807) is 19.1 Å². The predicted octanol–water partition coefficient (Wildman–Crippen LogP) is 3.26. The van der Waals surface area contributed by atoms with Crippen molar-refractivity contribution in [2.45, 2.75) is 44.7 Å². The Morgan fingerprint density at radius 3 is 2.07 bits per heavy atom. The molecule has 1 amide bonds. The average molecular weight is 379 g/mol. The minimum Gasteiger partial charge on any atom is -0.388 e. The molecule has 0 bridgehead atoms. The van der Waals surface area contributed by atoms with E-state index in [4.69, 9.17) is 0 Å². The Morgan fingerprint density at radius 2 is 1.57 bits per heavy atom. The van der Waals surface area contributed by atoms with Gasteiger partial charge in [-0.1, -0.05) is 49.4 Å². The van der Waals surface area contributed by atoms with E-state index < -0.39 is 18.4 Å². The summed E-state index contributed by atoms with van der Waals surface area (Å²) in [6.07, 6.45) is 2.63. The maximum Gasteiger partial charge on any atom is 0.255 e. The third kappa shape index (κ3) is 4.04. The highest BCUT2D eigenvalue weighted by Gasteiger charge is 2.40. The van der Waals surface area contributed by atoms with Crippen molar-refractivity contribution >= 4 is 17.5 Å². The van der Waals surface area contributed by atoms with Crippen LogP contribution in [0.25, 0.3) is 11.1 Å². The molecule has 1 aliphatic carbocycles. The van der Waals surface area contributed by atoms with Crippen LogP contribution >= 0.6 is 0 Å². The third-order valence-corrected chi connectivity index (χ3v) is 5.33. The van der Waals surface area contributed by atoms with Crippen LogP contribution in [0.4, 0.5) is 0 Å². The highest BCUT2D eigenvalue weighted by molar-refractivity contribution is 6.11. The lowest BCUT2D eigenvalue weighted by atomic mass is 9.87. The minimum absolute atomic E-state index is 0.139. The molecule has 1 fully saturated rings. The summed E-state index contributed by atoms with van der Waals surface area (Å²) in [6.45, 7) is 0.915. The van der Waals surface area contributed by atoms with Gasteiger partial charge in [0.1, 0.15) is 6.61 Å². The molecule has 3 rings (SSSR count). The Kier molecular flexibility index (Phi) is 6.37. The number of carbonyl (C=O) groups is 3. The zero-order valence-corrected chi connectivity index (χ0v) is 16.0. The van der Waals surface area contributed by atoms with Crippen molar-refractivity contribution in [3.05, 3.63) is 60.2 Å². The maximum absolute atomic E-state index is 13.2. The molecule has 2 aromatic rings. The number of hydrogen-bond acceptors (Lipinski definition) is 4. The lowest BCUT2D eigenvalue weighted by Crippen LogP contribution is -2.57. The topological polar surface area (TPSA) is 74.7 Å². The Morgan fingerprint density at radius 1 is 0.964 bits per heavy atom. The van der Waals surface area contributed by atoms with E-state index in [2.05, 4.69) is 0 Å². The first kappa shape index (κ1) is 20.0. The standard InChI is InChI=1S/C23H25NO4/c1-2-20(26)22(21(27)15-25)24(19-9-6-10-19)23(28)18-13-11-17(12-14-18)16-7-4-3-5-8-16/h3-5,7-8,11-14,19,22,25H,2,6,9-10,15H2,1H3. The molecule has 1 atom stereocenters. The van der Waals surface area contributed by atoms with Crippen LogP contribution in [0.3, 0.4) is 0 Å². The van der Waals surface area contributed by atoms with Crippen LogP contribution < -0.4 is 0 Å². The number of Topliss-reactive ketones (excluding diaryl/α,β-unsaturated/α-hetero) is 2. The number of nitrogens with zero attached hydrogens (tertiary/aromatic N) is 1. The van der Waals surface area contributed by atoms with Gasteiger partial charge in [0.2, 0.25) is 0 Å². The van der Waals surface area contributed by atoms with E-state index in [0.717, 1.165) is 30.4 Å². The SMILES string of the molecule is CCC(=O)C(C(=O)CO)N(C(=O)c1ccc(-c2ccccc2)cc1)C1CCC1. The molecule has 1 N–H and O–H groups in total. The first-order valence-electron chi connectivity index (χ1n) is 9.71. The number of aliphatic hydroxyl groups is 1. The molecule has 1 saturated carbocycles. The third-order valence-electron chi connectivity index (χ3n) is 5.33. The van der Waals surface area contributed by atoms with Crippen LogP contribution in [0.5, 0.6) is 0 Å². The first-order chi connectivity index (χ1) is 13.6. The van der Waals surface area contributed by atoms with Gasteiger partial charge in [0.15, 0.2) is 17.6 Å². The van der Waals surface area contributed by atoms with Crippen LogP contribution in [0.15, 0.2) is 54.6 Å². The molecular weight excluding hydrogens is 354 g/mol. The van der Waals surface area contributed by atoms with Crippen molar-refractivity contribution in [1.82, 2.24) is 4.90 Å². The molecule has 0 aliphatic heterocycles. The lowest BCUT2D eigenvalue weighted by Gasteiger charge is -2.41. The molecule has 28 heavy (non-hydrogen) atoms. The highest BCUT2D eigenvalue weighted by Crippen LogP contribution is 2.29. The van der Waals surface area contributed by atoms with Gasteiger partial charge < -0.3 is 10.0 Å². The van der Waals surface area contributed by atoms with Gasteiger partial charge in [0.25, 0.3) is 5.91 Å². The van der Waals surface area contributed by atoms with Crippen molar-refractivity contribution in [3.63, 3.8) is 0 Å². The number of hydrogen-bond donors (Lipinski definition) is 1. The normalized spacial score (nSPS) is 14.8. The fourth-order valence-electron chi connectivity index (χ4n) is 3.51. The zero-order chi connectivity index (χ0) is 20.1. The number of carbonyl (C=O) groups excluding carboxylic acids is 3. The summed E-state index contributed by atoms with van der Waals surface area (Å²) >= 11 is 0. The van der Waals surface area contributed by atoms with E-state index in [1.165, 1.54) is 4.90 Å². The van der Waals surface area contributed by atoms with Gasteiger partial charge in [0, 0.05) is 18.0 Å². The molecule has 1 aliphatic rings. The van der Waals surface area contributed by atoms with Crippen molar-refractivity contribution in [1.29, 1.82) is 0 Å². The Hall–Kier alpha value is -2.79. The van der Waals surface area contributed by atoms with E-state index in [1.807, 2.05) is 42.5 Å². The second kappa shape index (κ2) is 8.93. The Labute approximate surface area is 165 Å². The molecule has 5 nitrogen and oxygen atoms in total. The zero-order valence-electron chi connectivity index (χ0n) is 16.0. The second-order valence-corrected chi connectivity index (χ2v) is 7.09. The molecule has 0 spiro atoms. The van der Waals surface area contributed by atoms with E-state index >= 15 is 0 Å². The monoisotopic (exact) mass is 379 g/mol.